The van der Waals surface area contributed by atoms with Crippen molar-refractivity contribution >= 4 is 34.4 Å². The fourth-order valence-electron chi connectivity index (χ4n) is 4.79. The summed E-state index contributed by atoms with van der Waals surface area (Å²) in [6.45, 7) is 7.92. The van der Waals surface area contributed by atoms with Crippen LogP contribution < -0.4 is 16.1 Å². The number of aromatic nitrogens is 4. The summed E-state index contributed by atoms with van der Waals surface area (Å²) in [5.74, 6) is 0.995. The lowest BCUT2D eigenvalue weighted by atomic mass is 10.1. The number of hydrogen-bond acceptors (Lipinski definition) is 4. The van der Waals surface area contributed by atoms with Crippen LogP contribution in [-0.2, 0) is 20.1 Å². The number of benzene rings is 2. The van der Waals surface area contributed by atoms with Crippen LogP contribution >= 0.6 is 11.6 Å². The number of imidazole rings is 1. The van der Waals surface area contributed by atoms with Crippen LogP contribution in [-0.4, -0.2) is 25.2 Å². The van der Waals surface area contributed by atoms with E-state index in [1.165, 1.54) is 20.3 Å². The molecular formula is C25H26ClN5O2. The maximum absolute atomic E-state index is 13.6. The van der Waals surface area contributed by atoms with Crippen LogP contribution in [0.15, 0.2) is 52.1 Å². The Hall–Kier alpha value is -3.32. The zero-order valence-electron chi connectivity index (χ0n) is 19.2. The lowest BCUT2D eigenvalue weighted by Crippen LogP contribution is -2.40. The van der Waals surface area contributed by atoms with E-state index in [4.69, 9.17) is 16.6 Å². The molecule has 33 heavy (non-hydrogen) atoms. The molecule has 0 aliphatic carbocycles. The minimum atomic E-state index is -0.395. The van der Waals surface area contributed by atoms with E-state index in [1.807, 2.05) is 16.7 Å². The third-order valence-corrected chi connectivity index (χ3v) is 6.43. The first-order chi connectivity index (χ1) is 15.7. The van der Waals surface area contributed by atoms with E-state index in [1.54, 1.807) is 19.2 Å². The topological polar surface area (TPSA) is 65.1 Å². The largest absolute Gasteiger partial charge is 0.332 e. The quantitative estimate of drug-likeness (QED) is 0.460. The van der Waals surface area contributed by atoms with Crippen LogP contribution in [0, 0.1) is 19.8 Å². The Balaban J connectivity index is 1.73. The molecule has 8 heteroatoms. The molecule has 1 aliphatic rings. The zero-order chi connectivity index (χ0) is 23.4. The van der Waals surface area contributed by atoms with E-state index in [0.717, 1.165) is 17.8 Å². The van der Waals surface area contributed by atoms with Gasteiger partial charge in [-0.2, -0.15) is 4.98 Å². The maximum atomic E-state index is 13.6. The monoisotopic (exact) mass is 463 g/mol. The van der Waals surface area contributed by atoms with Crippen LogP contribution in [0.1, 0.15) is 23.6 Å². The van der Waals surface area contributed by atoms with Gasteiger partial charge >= 0.3 is 5.69 Å². The number of hydrogen-bond donors (Lipinski definition) is 0. The molecule has 5 rings (SSSR count). The summed E-state index contributed by atoms with van der Waals surface area (Å²) in [7, 11) is 1.67. The summed E-state index contributed by atoms with van der Waals surface area (Å²) in [5, 5.41) is 0.568. The minimum absolute atomic E-state index is 0.152. The van der Waals surface area contributed by atoms with Crippen molar-refractivity contribution in [3.05, 3.63) is 85.0 Å². The third-order valence-electron chi connectivity index (χ3n) is 6.19. The van der Waals surface area contributed by atoms with Gasteiger partial charge in [-0.3, -0.25) is 13.9 Å². The van der Waals surface area contributed by atoms with Gasteiger partial charge in [-0.25, -0.2) is 4.79 Å². The van der Waals surface area contributed by atoms with Crippen LogP contribution in [0.3, 0.4) is 0 Å². The predicted octanol–water partition coefficient (Wildman–Crippen LogP) is 4.00. The minimum Gasteiger partial charge on any atom is -0.312 e. The first-order valence-electron chi connectivity index (χ1n) is 11.0. The fourth-order valence-corrected chi connectivity index (χ4v) is 5.00. The van der Waals surface area contributed by atoms with Crippen molar-refractivity contribution in [3.63, 3.8) is 0 Å². The Morgan fingerprint density at radius 2 is 1.79 bits per heavy atom. The Labute approximate surface area is 196 Å². The summed E-state index contributed by atoms with van der Waals surface area (Å²) in [5.41, 5.74) is 4.31. The second kappa shape index (κ2) is 7.92. The Morgan fingerprint density at radius 3 is 2.48 bits per heavy atom. The molecule has 1 atom stereocenters. The number of nitrogens with zero attached hydrogens (tertiary/aromatic N) is 5. The van der Waals surface area contributed by atoms with Crippen molar-refractivity contribution in [2.75, 3.05) is 11.4 Å². The normalized spacial score (nSPS) is 15.8. The molecule has 0 bridgehead atoms. The molecule has 0 amide bonds. The Bertz CT molecular complexity index is 1490. The summed E-state index contributed by atoms with van der Waals surface area (Å²) in [6, 6.07) is 13.6. The molecule has 2 aromatic heterocycles. The van der Waals surface area contributed by atoms with Crippen molar-refractivity contribution in [1.29, 1.82) is 0 Å². The number of anilines is 2. The molecule has 0 saturated carbocycles. The lowest BCUT2D eigenvalue weighted by molar-refractivity contribution is 0.458. The van der Waals surface area contributed by atoms with E-state index in [2.05, 4.69) is 43.9 Å². The molecule has 0 fully saturated rings. The standard InChI is InChI=1S/C25H26ClN5O2/c1-15-8-16(2)10-20(9-15)29-12-17(3)13-30-21-22(27-24(29)30)28(4)25(33)31(23(21)32)14-18-6-5-7-19(26)11-18/h5-11,17H,12-14H2,1-4H3. The van der Waals surface area contributed by atoms with E-state index >= 15 is 0 Å². The first-order valence-corrected chi connectivity index (χ1v) is 11.4. The summed E-state index contributed by atoms with van der Waals surface area (Å²) >= 11 is 6.12. The predicted molar refractivity (Wildman–Crippen MR) is 132 cm³/mol. The molecule has 4 aromatic rings. The van der Waals surface area contributed by atoms with Crippen LogP contribution in [0.5, 0.6) is 0 Å². The van der Waals surface area contributed by atoms with Gasteiger partial charge in [0.15, 0.2) is 11.2 Å². The summed E-state index contributed by atoms with van der Waals surface area (Å²) in [4.78, 5) is 33.7. The van der Waals surface area contributed by atoms with Crippen molar-refractivity contribution in [1.82, 2.24) is 18.7 Å². The van der Waals surface area contributed by atoms with Crippen molar-refractivity contribution in [2.45, 2.75) is 33.9 Å². The lowest BCUT2D eigenvalue weighted by Gasteiger charge is -2.33. The van der Waals surface area contributed by atoms with Gasteiger partial charge in [0.1, 0.15) is 0 Å². The average Bonchev–Trinajstić information content (AvgIpc) is 3.13. The van der Waals surface area contributed by atoms with Crippen LogP contribution in [0.2, 0.25) is 5.02 Å². The first kappa shape index (κ1) is 21.5. The highest BCUT2D eigenvalue weighted by molar-refractivity contribution is 6.30. The van der Waals surface area contributed by atoms with Crippen LogP contribution in [0.4, 0.5) is 11.6 Å². The molecule has 0 N–H and O–H groups in total. The highest BCUT2D eigenvalue weighted by Crippen LogP contribution is 2.33. The molecule has 0 radical (unpaired) electrons. The molecular weight excluding hydrogens is 438 g/mol. The van der Waals surface area contributed by atoms with E-state index in [0.29, 0.717) is 34.6 Å². The number of aryl methyl sites for hydroxylation is 3. The maximum Gasteiger partial charge on any atom is 0.332 e. The molecule has 7 nitrogen and oxygen atoms in total. The molecule has 2 aromatic carbocycles. The van der Waals surface area contributed by atoms with E-state index < -0.39 is 5.69 Å². The van der Waals surface area contributed by atoms with Crippen molar-refractivity contribution in [3.8, 4) is 0 Å². The smallest absolute Gasteiger partial charge is 0.312 e. The Morgan fingerprint density at radius 1 is 1.06 bits per heavy atom. The van der Waals surface area contributed by atoms with Gasteiger partial charge in [0, 0.05) is 30.8 Å². The van der Waals surface area contributed by atoms with Gasteiger partial charge in [-0.15, -0.1) is 0 Å². The van der Waals surface area contributed by atoms with Gasteiger partial charge in [0.25, 0.3) is 5.56 Å². The van der Waals surface area contributed by atoms with Gasteiger partial charge in [-0.05, 0) is 60.7 Å². The van der Waals surface area contributed by atoms with Gasteiger partial charge in [0.2, 0.25) is 5.95 Å². The summed E-state index contributed by atoms with van der Waals surface area (Å²) < 4.78 is 4.71. The Kier molecular flexibility index (Phi) is 5.16. The third kappa shape index (κ3) is 3.66. The second-order valence-electron chi connectivity index (χ2n) is 9.12. The SMILES string of the molecule is Cc1cc(C)cc(N2CC(C)Cn3c2nc2c3c(=O)n(Cc3cccc(Cl)c3)c(=O)n2C)c1. The molecule has 1 aliphatic heterocycles. The molecule has 170 valence electrons. The number of rotatable bonds is 3. The van der Waals surface area contributed by atoms with Crippen molar-refractivity contribution in [2.24, 2.45) is 13.0 Å². The van der Waals surface area contributed by atoms with Gasteiger partial charge in [-0.1, -0.05) is 36.7 Å². The van der Waals surface area contributed by atoms with Crippen LogP contribution in [0.25, 0.3) is 11.2 Å². The summed E-state index contributed by atoms with van der Waals surface area (Å²) in [6.07, 6.45) is 0. The van der Waals surface area contributed by atoms with Crippen molar-refractivity contribution < 1.29 is 0 Å². The second-order valence-corrected chi connectivity index (χ2v) is 9.56. The highest BCUT2D eigenvalue weighted by Gasteiger charge is 2.30. The van der Waals surface area contributed by atoms with E-state index in [-0.39, 0.29) is 12.1 Å². The zero-order valence-corrected chi connectivity index (χ0v) is 19.9. The molecule has 0 saturated heterocycles. The van der Waals surface area contributed by atoms with Gasteiger partial charge < -0.3 is 9.47 Å². The molecule has 3 heterocycles. The average molecular weight is 464 g/mol. The number of halogens is 1. The van der Waals surface area contributed by atoms with Gasteiger partial charge in [0.05, 0.1) is 6.54 Å². The number of fused-ring (bicyclic) bond motifs is 3. The molecule has 1 unspecified atom stereocenters. The van der Waals surface area contributed by atoms with E-state index in [9.17, 15) is 9.59 Å². The fraction of sp³-hybridized carbons (Fsp3) is 0.320. The molecule has 0 spiro atoms. The highest BCUT2D eigenvalue weighted by atomic mass is 35.5.